The first-order valence-electron chi connectivity index (χ1n) is 5.44. The average molecular weight is 289 g/mol. The van der Waals surface area contributed by atoms with Crippen LogP contribution in [-0.2, 0) is 9.53 Å². The number of hydrogen-bond acceptors (Lipinski definition) is 8. The van der Waals surface area contributed by atoms with E-state index in [1.165, 1.54) is 0 Å². The summed E-state index contributed by atoms with van der Waals surface area (Å²) in [5, 5.41) is 19.6. The number of carbonyl (C=O) groups is 2. The van der Waals surface area contributed by atoms with Gasteiger partial charge in [-0.1, -0.05) is 11.3 Å². The fourth-order valence-corrected chi connectivity index (χ4v) is 2.25. The van der Waals surface area contributed by atoms with Crippen molar-refractivity contribution in [1.29, 1.82) is 0 Å². The normalized spacial score (nSPS) is 13.8. The number of rotatable bonds is 6. The third kappa shape index (κ3) is 3.88. The monoisotopic (exact) mass is 289 g/mol. The molecule has 19 heavy (non-hydrogen) atoms. The third-order valence-electron chi connectivity index (χ3n) is 2.18. The maximum atomic E-state index is 11.6. The number of aromatic nitrogens is 1. The van der Waals surface area contributed by atoms with Crippen molar-refractivity contribution in [2.24, 2.45) is 5.73 Å². The van der Waals surface area contributed by atoms with Crippen LogP contribution in [0.2, 0.25) is 0 Å². The van der Waals surface area contributed by atoms with Gasteiger partial charge in [0.05, 0.1) is 24.0 Å². The van der Waals surface area contributed by atoms with Crippen LogP contribution in [-0.4, -0.2) is 39.8 Å². The Balaban J connectivity index is 2.99. The van der Waals surface area contributed by atoms with E-state index in [4.69, 9.17) is 16.2 Å². The highest BCUT2D eigenvalue weighted by Crippen LogP contribution is 2.30. The summed E-state index contributed by atoms with van der Waals surface area (Å²) in [6.45, 7) is 1.75. The molecule has 0 bridgehead atoms. The summed E-state index contributed by atoms with van der Waals surface area (Å²) in [5.41, 5.74) is 10.2. The van der Waals surface area contributed by atoms with Crippen LogP contribution in [0.5, 0.6) is 0 Å². The molecule has 0 fully saturated rings. The summed E-state index contributed by atoms with van der Waals surface area (Å²) in [6, 6.07) is 0. The largest absolute Gasteiger partial charge is 0.461 e. The van der Waals surface area contributed by atoms with Gasteiger partial charge in [-0.15, -0.1) is 0 Å². The Morgan fingerprint density at radius 2 is 2.11 bits per heavy atom. The van der Waals surface area contributed by atoms with E-state index in [1.54, 1.807) is 6.92 Å². The van der Waals surface area contributed by atoms with E-state index in [0.717, 1.165) is 11.3 Å². The Morgan fingerprint density at radius 1 is 1.47 bits per heavy atom. The predicted molar refractivity (Wildman–Crippen MR) is 67.3 cm³/mol. The van der Waals surface area contributed by atoms with Gasteiger partial charge in [-0.3, -0.25) is 4.79 Å². The molecule has 2 atom stereocenters. The zero-order valence-electron chi connectivity index (χ0n) is 10.2. The first kappa shape index (κ1) is 15.3. The number of anilines is 1. The Labute approximate surface area is 113 Å². The van der Waals surface area contributed by atoms with Gasteiger partial charge in [0, 0.05) is 0 Å². The lowest BCUT2D eigenvalue weighted by molar-refractivity contribution is -0.121. The van der Waals surface area contributed by atoms with Crippen LogP contribution in [0.15, 0.2) is 0 Å². The highest BCUT2D eigenvalue weighted by Gasteiger charge is 2.29. The second-order valence-electron chi connectivity index (χ2n) is 3.67. The van der Waals surface area contributed by atoms with Crippen molar-refractivity contribution in [3.8, 4) is 0 Å². The quantitative estimate of drug-likeness (QED) is 0.499. The number of aliphatic hydroxyl groups excluding tert-OH is 2. The molecule has 1 aromatic heterocycles. The minimum absolute atomic E-state index is 0.0448. The molecule has 106 valence electrons. The molecular formula is C10H15N3O5S. The van der Waals surface area contributed by atoms with E-state index in [9.17, 15) is 19.8 Å². The van der Waals surface area contributed by atoms with Crippen molar-refractivity contribution in [2.45, 2.75) is 25.6 Å². The molecule has 0 aliphatic carbocycles. The zero-order chi connectivity index (χ0) is 14.6. The number of thiazole rings is 1. The summed E-state index contributed by atoms with van der Waals surface area (Å²) in [6.07, 6.45) is -3.37. The van der Waals surface area contributed by atoms with Gasteiger partial charge in [0.1, 0.15) is 6.10 Å². The lowest BCUT2D eigenvalue weighted by Crippen LogP contribution is -2.26. The fourth-order valence-electron chi connectivity index (χ4n) is 1.39. The van der Waals surface area contributed by atoms with E-state index in [2.05, 4.69) is 4.98 Å². The van der Waals surface area contributed by atoms with Crippen molar-refractivity contribution in [1.82, 2.24) is 4.98 Å². The second kappa shape index (κ2) is 6.45. The molecule has 8 nitrogen and oxygen atoms in total. The molecule has 0 radical (unpaired) electrons. The van der Waals surface area contributed by atoms with Gasteiger partial charge < -0.3 is 26.4 Å². The Morgan fingerprint density at radius 3 is 2.63 bits per heavy atom. The number of nitrogens with zero attached hydrogens (tertiary/aromatic N) is 1. The van der Waals surface area contributed by atoms with Gasteiger partial charge in [0.15, 0.2) is 10.8 Å². The van der Waals surface area contributed by atoms with Crippen LogP contribution in [0.1, 0.15) is 34.8 Å². The maximum Gasteiger partial charge on any atom is 0.358 e. The number of ether oxygens (including phenoxy) is 1. The van der Waals surface area contributed by atoms with Crippen LogP contribution in [0.4, 0.5) is 5.13 Å². The summed E-state index contributed by atoms with van der Waals surface area (Å²) < 4.78 is 4.76. The number of aliphatic hydroxyl groups is 2. The molecule has 6 N–H and O–H groups in total. The molecule has 0 saturated heterocycles. The van der Waals surface area contributed by atoms with E-state index >= 15 is 0 Å². The molecule has 0 aliphatic rings. The smallest absolute Gasteiger partial charge is 0.358 e. The van der Waals surface area contributed by atoms with Gasteiger partial charge in [0.25, 0.3) is 0 Å². The molecule has 1 heterocycles. The molecule has 0 spiro atoms. The summed E-state index contributed by atoms with van der Waals surface area (Å²) in [5.74, 6) is -1.53. The van der Waals surface area contributed by atoms with Crippen LogP contribution in [0.3, 0.4) is 0 Å². The van der Waals surface area contributed by atoms with E-state index in [0.29, 0.717) is 0 Å². The topological polar surface area (TPSA) is 149 Å². The first-order chi connectivity index (χ1) is 8.86. The molecule has 1 amide bonds. The van der Waals surface area contributed by atoms with Crippen LogP contribution < -0.4 is 11.5 Å². The molecule has 2 unspecified atom stereocenters. The number of nitrogens with two attached hydrogens (primary N) is 2. The summed E-state index contributed by atoms with van der Waals surface area (Å²) in [4.78, 5) is 26.1. The minimum Gasteiger partial charge on any atom is -0.461 e. The Kier molecular flexibility index (Phi) is 5.21. The molecule has 0 saturated carbocycles. The first-order valence-corrected chi connectivity index (χ1v) is 6.26. The molecule has 0 aromatic carbocycles. The van der Waals surface area contributed by atoms with Crippen LogP contribution >= 0.6 is 11.3 Å². The van der Waals surface area contributed by atoms with Gasteiger partial charge in [-0.25, -0.2) is 9.78 Å². The highest BCUT2D eigenvalue weighted by atomic mass is 32.1. The number of primary amides is 1. The Hall–Kier alpha value is -1.71. The molecule has 1 aromatic rings. The van der Waals surface area contributed by atoms with E-state index in [-0.39, 0.29) is 22.3 Å². The van der Waals surface area contributed by atoms with Crippen molar-refractivity contribution in [2.75, 3.05) is 12.3 Å². The van der Waals surface area contributed by atoms with Crippen molar-refractivity contribution >= 4 is 28.3 Å². The fraction of sp³-hybridized carbons (Fsp3) is 0.500. The van der Waals surface area contributed by atoms with Crippen LogP contribution in [0, 0.1) is 0 Å². The van der Waals surface area contributed by atoms with Gasteiger partial charge in [0.2, 0.25) is 5.91 Å². The molecule has 9 heteroatoms. The minimum atomic E-state index is -1.48. The molecular weight excluding hydrogens is 274 g/mol. The van der Waals surface area contributed by atoms with Crippen molar-refractivity contribution in [3.63, 3.8) is 0 Å². The Bertz CT molecular complexity index is 476. The number of amides is 1. The third-order valence-corrected chi connectivity index (χ3v) is 3.14. The lowest BCUT2D eigenvalue weighted by Gasteiger charge is -2.15. The second-order valence-corrected chi connectivity index (χ2v) is 4.73. The average Bonchev–Trinajstić information content (AvgIpc) is 2.69. The van der Waals surface area contributed by atoms with Crippen molar-refractivity contribution in [3.05, 3.63) is 10.6 Å². The van der Waals surface area contributed by atoms with Gasteiger partial charge >= 0.3 is 5.97 Å². The number of hydrogen-bond donors (Lipinski definition) is 4. The summed E-state index contributed by atoms with van der Waals surface area (Å²) in [7, 11) is 0. The summed E-state index contributed by atoms with van der Waals surface area (Å²) >= 11 is 0.836. The number of nitrogen functional groups attached to an aromatic ring is 1. The zero-order valence-corrected chi connectivity index (χ0v) is 11.0. The highest BCUT2D eigenvalue weighted by molar-refractivity contribution is 7.15. The van der Waals surface area contributed by atoms with Crippen LogP contribution in [0.25, 0.3) is 0 Å². The van der Waals surface area contributed by atoms with Gasteiger partial charge in [-0.05, 0) is 6.92 Å². The lowest BCUT2D eigenvalue weighted by atomic mass is 10.1. The van der Waals surface area contributed by atoms with E-state index in [1.807, 2.05) is 0 Å². The molecule has 1 rings (SSSR count). The number of carbonyl (C=O) groups excluding carboxylic acids is 2. The van der Waals surface area contributed by atoms with Gasteiger partial charge in [-0.2, -0.15) is 0 Å². The van der Waals surface area contributed by atoms with Crippen molar-refractivity contribution < 1.29 is 24.5 Å². The standard InChI is InChI=1S/C10H15N3O5S/c1-2-18-9(17)6-8(19-10(12)13-6)7(16)4(14)3-5(11)15/h4,7,14,16H,2-3H2,1H3,(H2,11,15)(H2,12,13). The maximum absolute atomic E-state index is 11.6. The predicted octanol–water partition coefficient (Wildman–Crippen LogP) is -0.828. The van der Waals surface area contributed by atoms with E-state index < -0.39 is 30.5 Å². The SMILES string of the molecule is CCOC(=O)c1nc(N)sc1C(O)C(O)CC(N)=O. The molecule has 0 aliphatic heterocycles. The number of esters is 1.